The first-order valence-electron chi connectivity index (χ1n) is 7.75. The van der Waals surface area contributed by atoms with E-state index in [1.165, 1.54) is 16.7 Å². The van der Waals surface area contributed by atoms with Crippen molar-refractivity contribution in [3.63, 3.8) is 0 Å². The SMILES string of the molecule is Cc1ccc(-c2c(O)cc(C)cc2C(C)C)c(C(C)C)c1. The van der Waals surface area contributed by atoms with Gasteiger partial charge in [-0.1, -0.05) is 57.5 Å². The summed E-state index contributed by atoms with van der Waals surface area (Å²) in [7, 11) is 0. The second-order valence-corrected chi connectivity index (χ2v) is 6.65. The molecule has 0 heterocycles. The Labute approximate surface area is 128 Å². The lowest BCUT2D eigenvalue weighted by Crippen LogP contribution is -1.99. The minimum Gasteiger partial charge on any atom is -0.507 e. The van der Waals surface area contributed by atoms with Gasteiger partial charge in [0.25, 0.3) is 0 Å². The van der Waals surface area contributed by atoms with Crippen molar-refractivity contribution >= 4 is 0 Å². The molecule has 0 aliphatic rings. The Hall–Kier alpha value is -1.76. The van der Waals surface area contributed by atoms with E-state index >= 15 is 0 Å². The lowest BCUT2D eigenvalue weighted by Gasteiger charge is -2.20. The van der Waals surface area contributed by atoms with E-state index in [1.54, 1.807) is 0 Å². The number of aromatic hydroxyl groups is 1. The highest BCUT2D eigenvalue weighted by Crippen LogP contribution is 2.41. The first-order valence-corrected chi connectivity index (χ1v) is 7.75. The van der Waals surface area contributed by atoms with Crippen LogP contribution in [0.1, 0.15) is 61.8 Å². The van der Waals surface area contributed by atoms with Gasteiger partial charge in [-0.3, -0.25) is 0 Å². The van der Waals surface area contributed by atoms with E-state index in [0.29, 0.717) is 17.6 Å². The molecule has 1 heteroatoms. The highest BCUT2D eigenvalue weighted by molar-refractivity contribution is 5.78. The van der Waals surface area contributed by atoms with E-state index in [0.717, 1.165) is 16.7 Å². The van der Waals surface area contributed by atoms with E-state index in [9.17, 15) is 5.11 Å². The molecule has 2 aromatic carbocycles. The maximum Gasteiger partial charge on any atom is 0.123 e. The van der Waals surface area contributed by atoms with E-state index in [1.807, 2.05) is 13.0 Å². The van der Waals surface area contributed by atoms with Crippen molar-refractivity contribution in [2.45, 2.75) is 53.4 Å². The van der Waals surface area contributed by atoms with Gasteiger partial charge in [0.1, 0.15) is 5.75 Å². The summed E-state index contributed by atoms with van der Waals surface area (Å²) in [6, 6.07) is 10.6. The molecule has 0 bridgehead atoms. The molecule has 0 amide bonds. The lowest BCUT2D eigenvalue weighted by molar-refractivity contribution is 0.475. The fourth-order valence-corrected chi connectivity index (χ4v) is 2.93. The molecule has 0 aliphatic carbocycles. The largest absolute Gasteiger partial charge is 0.507 e. The summed E-state index contributed by atoms with van der Waals surface area (Å²) in [5.41, 5.74) is 7.06. The molecule has 0 radical (unpaired) electrons. The van der Waals surface area contributed by atoms with Crippen LogP contribution in [0.3, 0.4) is 0 Å². The van der Waals surface area contributed by atoms with Crippen LogP contribution in [0.4, 0.5) is 0 Å². The number of aryl methyl sites for hydroxylation is 2. The Morgan fingerprint density at radius 2 is 1.33 bits per heavy atom. The predicted octanol–water partition coefficient (Wildman–Crippen LogP) is 5.92. The van der Waals surface area contributed by atoms with Gasteiger partial charge in [0, 0.05) is 5.56 Å². The van der Waals surface area contributed by atoms with E-state index in [-0.39, 0.29) is 0 Å². The summed E-state index contributed by atoms with van der Waals surface area (Å²) in [6.45, 7) is 12.9. The second kappa shape index (κ2) is 5.93. The molecule has 0 atom stereocenters. The fraction of sp³-hybridized carbons (Fsp3) is 0.400. The third-order valence-corrected chi connectivity index (χ3v) is 4.01. The quantitative estimate of drug-likeness (QED) is 0.740. The van der Waals surface area contributed by atoms with Gasteiger partial charge in [-0.2, -0.15) is 0 Å². The van der Waals surface area contributed by atoms with Crippen LogP contribution in [0.2, 0.25) is 0 Å². The molecular formula is C20H26O. The van der Waals surface area contributed by atoms with E-state index < -0.39 is 0 Å². The molecule has 0 aromatic heterocycles. The first kappa shape index (κ1) is 15.6. The number of phenols is 1. The van der Waals surface area contributed by atoms with Crippen LogP contribution in [-0.4, -0.2) is 5.11 Å². The Balaban J connectivity index is 2.78. The minimum absolute atomic E-state index is 0.382. The number of hydrogen-bond donors (Lipinski definition) is 1. The summed E-state index contributed by atoms with van der Waals surface area (Å²) in [4.78, 5) is 0. The second-order valence-electron chi connectivity index (χ2n) is 6.65. The normalized spacial score (nSPS) is 11.4. The number of benzene rings is 2. The standard InChI is InChI=1S/C20H26O/c1-12(2)17-9-14(5)7-8-16(17)20-18(13(3)4)10-15(6)11-19(20)21/h7-13,21H,1-6H3. The van der Waals surface area contributed by atoms with E-state index in [4.69, 9.17) is 0 Å². The van der Waals surface area contributed by atoms with Crippen LogP contribution in [-0.2, 0) is 0 Å². The Kier molecular flexibility index (Phi) is 4.41. The monoisotopic (exact) mass is 282 g/mol. The molecule has 0 saturated carbocycles. The fourth-order valence-electron chi connectivity index (χ4n) is 2.93. The average Bonchev–Trinajstić information content (AvgIpc) is 2.38. The number of hydrogen-bond acceptors (Lipinski definition) is 1. The van der Waals surface area contributed by atoms with Gasteiger partial charge in [-0.25, -0.2) is 0 Å². The maximum atomic E-state index is 10.6. The van der Waals surface area contributed by atoms with Crippen molar-refractivity contribution in [3.8, 4) is 16.9 Å². The maximum absolute atomic E-state index is 10.6. The highest BCUT2D eigenvalue weighted by atomic mass is 16.3. The van der Waals surface area contributed by atoms with Gasteiger partial charge in [-0.15, -0.1) is 0 Å². The van der Waals surface area contributed by atoms with Gasteiger partial charge < -0.3 is 5.11 Å². The topological polar surface area (TPSA) is 20.2 Å². The van der Waals surface area contributed by atoms with Crippen LogP contribution in [0.25, 0.3) is 11.1 Å². The Morgan fingerprint density at radius 1 is 0.762 bits per heavy atom. The van der Waals surface area contributed by atoms with Crippen LogP contribution in [0.5, 0.6) is 5.75 Å². The average molecular weight is 282 g/mol. The van der Waals surface area contributed by atoms with Crippen molar-refractivity contribution in [2.75, 3.05) is 0 Å². The van der Waals surface area contributed by atoms with Crippen LogP contribution < -0.4 is 0 Å². The molecule has 0 fully saturated rings. The van der Waals surface area contributed by atoms with Gasteiger partial charge in [0.05, 0.1) is 0 Å². The van der Waals surface area contributed by atoms with Crippen LogP contribution in [0.15, 0.2) is 30.3 Å². The van der Waals surface area contributed by atoms with Crippen molar-refractivity contribution < 1.29 is 5.11 Å². The van der Waals surface area contributed by atoms with Crippen LogP contribution >= 0.6 is 0 Å². The van der Waals surface area contributed by atoms with Gasteiger partial charge in [-0.05, 0) is 54.0 Å². The van der Waals surface area contributed by atoms with Crippen LogP contribution in [0, 0.1) is 13.8 Å². The molecule has 0 spiro atoms. The van der Waals surface area contributed by atoms with Gasteiger partial charge in [0.15, 0.2) is 0 Å². The molecular weight excluding hydrogens is 256 g/mol. The number of rotatable bonds is 3. The third-order valence-electron chi connectivity index (χ3n) is 4.01. The zero-order valence-electron chi connectivity index (χ0n) is 14.0. The molecule has 0 saturated heterocycles. The summed E-state index contributed by atoms with van der Waals surface area (Å²) in [5, 5.41) is 10.6. The van der Waals surface area contributed by atoms with Gasteiger partial charge >= 0.3 is 0 Å². The summed E-state index contributed by atoms with van der Waals surface area (Å²) in [5.74, 6) is 1.21. The van der Waals surface area contributed by atoms with Crippen molar-refractivity contribution in [2.24, 2.45) is 0 Å². The summed E-state index contributed by atoms with van der Waals surface area (Å²) >= 11 is 0. The lowest BCUT2D eigenvalue weighted by atomic mass is 9.85. The van der Waals surface area contributed by atoms with Crippen molar-refractivity contribution in [1.82, 2.24) is 0 Å². The molecule has 21 heavy (non-hydrogen) atoms. The minimum atomic E-state index is 0.382. The van der Waals surface area contributed by atoms with E-state index in [2.05, 4.69) is 58.9 Å². The summed E-state index contributed by atoms with van der Waals surface area (Å²) < 4.78 is 0. The molecule has 112 valence electrons. The summed E-state index contributed by atoms with van der Waals surface area (Å²) in [6.07, 6.45) is 0. The zero-order valence-corrected chi connectivity index (χ0v) is 14.0. The molecule has 1 N–H and O–H groups in total. The Morgan fingerprint density at radius 3 is 1.90 bits per heavy atom. The molecule has 2 rings (SSSR count). The smallest absolute Gasteiger partial charge is 0.123 e. The third kappa shape index (κ3) is 3.12. The molecule has 2 aromatic rings. The Bertz CT molecular complexity index is 651. The highest BCUT2D eigenvalue weighted by Gasteiger charge is 2.18. The number of phenolic OH excluding ortho intramolecular Hbond substituents is 1. The zero-order chi connectivity index (χ0) is 15.7. The van der Waals surface area contributed by atoms with Gasteiger partial charge in [0.2, 0.25) is 0 Å². The predicted molar refractivity (Wildman–Crippen MR) is 91.2 cm³/mol. The van der Waals surface area contributed by atoms with Crippen molar-refractivity contribution in [3.05, 3.63) is 52.6 Å². The van der Waals surface area contributed by atoms with Crippen molar-refractivity contribution in [1.29, 1.82) is 0 Å². The molecule has 1 nitrogen and oxygen atoms in total. The molecule has 0 aliphatic heterocycles. The molecule has 0 unspecified atom stereocenters. The first-order chi connectivity index (χ1) is 9.81.